The maximum Gasteiger partial charge on any atom is -0.147 e. The zero-order chi connectivity index (χ0) is 30.2. The Balaban J connectivity index is 0.00000186. The van der Waals surface area contributed by atoms with Gasteiger partial charge in [-0.2, -0.15) is 0 Å². The van der Waals surface area contributed by atoms with Crippen molar-refractivity contribution in [2.45, 2.75) is 43.2 Å². The molecular formula is C40H40Cl2S2SiZr. The van der Waals surface area contributed by atoms with Crippen molar-refractivity contribution in [3.63, 3.8) is 0 Å². The smallest absolute Gasteiger partial charge is 0.147 e. The second kappa shape index (κ2) is 12.4. The molecule has 0 bridgehead atoms. The normalized spacial score (nSPS) is 17.2. The first-order valence-electron chi connectivity index (χ1n) is 16.0. The fraction of sp³-hybridized carbons (Fsp3) is 0.200. The molecule has 0 fully saturated rings. The van der Waals surface area contributed by atoms with Crippen molar-refractivity contribution in [2.75, 3.05) is 0 Å². The van der Waals surface area contributed by atoms with Gasteiger partial charge in [0.05, 0.1) is 0 Å². The van der Waals surface area contributed by atoms with Crippen LogP contribution < -0.4 is 0 Å². The van der Waals surface area contributed by atoms with Crippen LogP contribution in [0.4, 0.5) is 0 Å². The number of fused-ring (bicyclic) bond motifs is 4. The topological polar surface area (TPSA) is 0 Å². The van der Waals surface area contributed by atoms with Gasteiger partial charge in [0.25, 0.3) is 0 Å². The molecule has 2 atom stereocenters. The number of allylic oxidation sites excluding steroid dienone is 2. The maximum atomic E-state index is 2.78. The maximum absolute atomic E-state index is 3.63. The standard InChI is InChI=1S/2C19H15S.2CH3.2ClH.H2Si.Zr/c2*1-2-13-10-14-7-5-8-16(17(14)11-13)19-12-15-6-3-4-9-18(15)20-19;;;;;;/h2*3-12H,2H2,1H3;2*1H3;2*1H;1H2;. The minimum absolute atomic E-state index is 0. The summed E-state index contributed by atoms with van der Waals surface area (Å²) in [6.45, 7) is 7.24. The van der Waals surface area contributed by atoms with Crippen LogP contribution in [0.3, 0.4) is 0 Å². The number of hydrogen-bond donors (Lipinski definition) is 0. The van der Waals surface area contributed by atoms with E-state index in [-0.39, 0.29) is 24.8 Å². The van der Waals surface area contributed by atoms with E-state index in [0.29, 0.717) is 7.25 Å². The van der Waals surface area contributed by atoms with Crippen LogP contribution in [-0.2, 0) is 17.4 Å². The molecule has 0 saturated carbocycles. The molecule has 2 aliphatic carbocycles. The first-order chi connectivity index (χ1) is 21.3. The van der Waals surface area contributed by atoms with Crippen LogP contribution >= 0.6 is 47.5 Å². The molecular weight excluding hydrogens is 735 g/mol. The van der Waals surface area contributed by atoms with Crippen molar-refractivity contribution in [3.8, 4) is 20.9 Å². The molecule has 46 heavy (non-hydrogen) atoms. The quantitative estimate of drug-likeness (QED) is 0.148. The summed E-state index contributed by atoms with van der Waals surface area (Å²) in [6.07, 6.45) is 7.43. The van der Waals surface area contributed by atoms with E-state index in [9.17, 15) is 0 Å². The molecule has 6 aromatic rings. The molecule has 2 aromatic heterocycles. The third kappa shape index (κ3) is 5.24. The van der Waals surface area contributed by atoms with Gasteiger partial charge in [-0.05, 0) is 0 Å². The largest absolute Gasteiger partial charge is 0.147 e. The van der Waals surface area contributed by atoms with E-state index >= 15 is 0 Å². The molecule has 234 valence electrons. The molecule has 0 radical (unpaired) electrons. The number of hydrogen-bond acceptors (Lipinski definition) is 2. The summed E-state index contributed by atoms with van der Waals surface area (Å²) < 4.78 is 9.40. The summed E-state index contributed by atoms with van der Waals surface area (Å²) in [5.74, 6) is 0. The number of halogens is 2. The molecule has 0 spiro atoms. The van der Waals surface area contributed by atoms with E-state index < -0.39 is 17.4 Å². The van der Waals surface area contributed by atoms with E-state index in [4.69, 9.17) is 0 Å². The van der Waals surface area contributed by atoms with E-state index in [1.807, 2.05) is 22.7 Å². The van der Waals surface area contributed by atoms with Crippen LogP contribution in [0.2, 0.25) is 9.26 Å². The van der Waals surface area contributed by atoms with Gasteiger partial charge in [-0.3, -0.25) is 0 Å². The van der Waals surface area contributed by atoms with Crippen LogP contribution in [0.5, 0.6) is 0 Å². The molecule has 2 unspecified atom stereocenters. The Morgan fingerprint density at radius 2 is 1.00 bits per heavy atom. The first kappa shape index (κ1) is 33.8. The second-order valence-corrected chi connectivity index (χ2v) is 46.5. The van der Waals surface area contributed by atoms with Gasteiger partial charge in [-0.1, -0.05) is 0 Å². The third-order valence-electron chi connectivity index (χ3n) is 10.4. The zero-order valence-electron chi connectivity index (χ0n) is 26.8. The van der Waals surface area contributed by atoms with E-state index in [0.717, 1.165) is 12.8 Å². The Labute approximate surface area is 296 Å². The molecule has 0 N–H and O–H groups in total. The summed E-state index contributed by atoms with van der Waals surface area (Å²) in [5, 5.41) is 2.70. The van der Waals surface area contributed by atoms with E-state index in [2.05, 4.69) is 139 Å². The van der Waals surface area contributed by atoms with Crippen molar-refractivity contribution < 1.29 is 17.4 Å². The van der Waals surface area contributed by atoms with Gasteiger partial charge in [0.1, 0.15) is 0 Å². The summed E-state index contributed by atoms with van der Waals surface area (Å²) in [4.78, 5) is 2.79. The Morgan fingerprint density at radius 3 is 1.39 bits per heavy atom. The average Bonchev–Trinajstić information content (AvgIpc) is 3.81. The zero-order valence-corrected chi connectivity index (χ0v) is 33.9. The van der Waals surface area contributed by atoms with Gasteiger partial charge in [0.15, 0.2) is 0 Å². The minimum Gasteiger partial charge on any atom is -0.147 e. The first-order valence-corrected chi connectivity index (χ1v) is 31.3. The molecule has 8 rings (SSSR count). The van der Waals surface area contributed by atoms with Crippen molar-refractivity contribution in [3.05, 3.63) is 130 Å². The minimum atomic E-state index is -3.63. The Morgan fingerprint density at radius 1 is 0.587 bits per heavy atom. The molecule has 2 aliphatic rings. The van der Waals surface area contributed by atoms with Crippen molar-refractivity contribution in [2.24, 2.45) is 0 Å². The van der Waals surface area contributed by atoms with Crippen LogP contribution in [0.1, 0.15) is 56.2 Å². The third-order valence-corrected chi connectivity index (χ3v) is 30.2. The van der Waals surface area contributed by atoms with Crippen molar-refractivity contribution >= 4 is 86.7 Å². The average molecular weight is 775 g/mol. The van der Waals surface area contributed by atoms with Crippen LogP contribution in [-0.4, -0.2) is 6.88 Å². The summed E-state index contributed by atoms with van der Waals surface area (Å²) in [6, 6.07) is 36.8. The van der Waals surface area contributed by atoms with E-state index in [1.165, 1.54) is 52.2 Å². The summed E-state index contributed by atoms with van der Waals surface area (Å²) in [7, 11) is 0. The fourth-order valence-electron chi connectivity index (χ4n) is 8.61. The summed E-state index contributed by atoms with van der Waals surface area (Å²) in [5.41, 5.74) is 12.3. The molecule has 0 amide bonds. The predicted octanol–water partition coefficient (Wildman–Crippen LogP) is 13.0. The van der Waals surface area contributed by atoms with Gasteiger partial charge < -0.3 is 0 Å². The fourth-order valence-corrected chi connectivity index (χ4v) is 31.0. The van der Waals surface area contributed by atoms with Gasteiger partial charge in [0, 0.05) is 0 Å². The number of benzene rings is 4. The van der Waals surface area contributed by atoms with Gasteiger partial charge >= 0.3 is 274 Å². The number of rotatable bonds is 6. The Bertz CT molecular complexity index is 2040. The van der Waals surface area contributed by atoms with Gasteiger partial charge in [0.2, 0.25) is 0 Å². The van der Waals surface area contributed by atoms with Crippen molar-refractivity contribution in [1.29, 1.82) is 0 Å². The van der Waals surface area contributed by atoms with Crippen LogP contribution in [0.15, 0.2) is 108 Å². The van der Waals surface area contributed by atoms with E-state index in [1.54, 1.807) is 22.3 Å². The monoisotopic (exact) mass is 772 g/mol. The molecule has 4 aromatic carbocycles. The van der Waals surface area contributed by atoms with Crippen LogP contribution in [0, 0.1) is 0 Å². The second-order valence-electron chi connectivity index (χ2n) is 13.9. The molecule has 2 heterocycles. The SMILES string of the molecule is CCC1=Cc2c(-c3cc4ccccc4s3)cccc2[CH]1[Zr]([CH3])([CH3])(=[SiH2])[CH]1C(CC)=Cc2c(-c3cc4ccccc4s3)cccc21.Cl.Cl. The van der Waals surface area contributed by atoms with Crippen LogP contribution in [0.25, 0.3) is 53.2 Å². The Kier molecular flexibility index (Phi) is 9.16. The predicted molar refractivity (Wildman–Crippen MR) is 211 cm³/mol. The molecule has 0 saturated heterocycles. The van der Waals surface area contributed by atoms with Crippen molar-refractivity contribution in [1.82, 2.24) is 0 Å². The molecule has 0 aliphatic heterocycles. The van der Waals surface area contributed by atoms with Gasteiger partial charge in [-0.25, -0.2) is 0 Å². The molecule has 0 nitrogen and oxygen atoms in total. The summed E-state index contributed by atoms with van der Waals surface area (Å²) >= 11 is 0.238. The Hall–Kier alpha value is -2.04. The molecule has 6 heteroatoms. The van der Waals surface area contributed by atoms with Gasteiger partial charge in [-0.15, -0.1) is 24.8 Å². The number of thiophene rings is 2.